The van der Waals surface area contributed by atoms with Crippen molar-refractivity contribution in [1.29, 1.82) is 0 Å². The number of pyridine rings is 2. The van der Waals surface area contributed by atoms with Crippen molar-refractivity contribution in [3.8, 4) is 17.6 Å². The van der Waals surface area contributed by atoms with E-state index >= 15 is 0 Å². The van der Waals surface area contributed by atoms with Crippen LogP contribution in [0, 0.1) is 17.8 Å². The molecule has 164 valence electrons. The van der Waals surface area contributed by atoms with Gasteiger partial charge in [0.25, 0.3) is 0 Å². The standard InChI is InChI=1S/C25H26N4O3/c1-16(31-3)15-32-20-10-5-17(6-11-20)4-7-19-13-28-24(26-2)22-14-27-23(12-21(19)22)29-25(30)18-8-9-18/h5-6,10-14,16,18H,8-9,15H2,1-3H3,(H,26,28)(H,27,29,30). The molecule has 1 fully saturated rings. The Balaban J connectivity index is 1.58. The molecule has 7 nitrogen and oxygen atoms in total. The Kier molecular flexibility index (Phi) is 6.52. The maximum absolute atomic E-state index is 12.1. The second kappa shape index (κ2) is 9.67. The summed E-state index contributed by atoms with van der Waals surface area (Å²) in [6.45, 7) is 2.44. The molecule has 1 saturated carbocycles. The number of ether oxygens (including phenoxy) is 2. The van der Waals surface area contributed by atoms with Gasteiger partial charge >= 0.3 is 0 Å². The van der Waals surface area contributed by atoms with Gasteiger partial charge in [-0.25, -0.2) is 9.97 Å². The number of fused-ring (bicyclic) bond motifs is 1. The Bertz CT molecular complexity index is 1180. The number of rotatable bonds is 7. The second-order valence-electron chi connectivity index (χ2n) is 7.78. The third-order valence-corrected chi connectivity index (χ3v) is 5.29. The molecular weight excluding hydrogens is 404 g/mol. The van der Waals surface area contributed by atoms with E-state index in [1.807, 2.05) is 44.3 Å². The first-order valence-corrected chi connectivity index (χ1v) is 10.6. The van der Waals surface area contributed by atoms with Gasteiger partial charge in [-0.1, -0.05) is 11.8 Å². The first kappa shape index (κ1) is 21.6. The summed E-state index contributed by atoms with van der Waals surface area (Å²) in [7, 11) is 3.47. The van der Waals surface area contributed by atoms with Gasteiger partial charge in [0.05, 0.1) is 11.7 Å². The highest BCUT2D eigenvalue weighted by Gasteiger charge is 2.29. The molecule has 3 aromatic rings. The Hall–Kier alpha value is -3.63. The highest BCUT2D eigenvalue weighted by Crippen LogP contribution is 2.31. The smallest absolute Gasteiger partial charge is 0.228 e. The molecular formula is C25H26N4O3. The SMILES string of the molecule is CNc1ncc(C#Cc2ccc(OCC(C)OC)cc2)c2cc(NC(=O)C3CC3)ncc12. The van der Waals surface area contributed by atoms with E-state index in [-0.39, 0.29) is 17.9 Å². The van der Waals surface area contributed by atoms with Crippen LogP contribution in [-0.4, -0.2) is 42.7 Å². The van der Waals surface area contributed by atoms with Crippen molar-refractivity contribution in [3.05, 3.63) is 53.9 Å². The summed E-state index contributed by atoms with van der Waals surface area (Å²) in [4.78, 5) is 21.0. The van der Waals surface area contributed by atoms with Crippen molar-refractivity contribution in [2.24, 2.45) is 5.92 Å². The monoisotopic (exact) mass is 430 g/mol. The molecule has 0 spiro atoms. The minimum Gasteiger partial charge on any atom is -0.491 e. The van der Waals surface area contributed by atoms with Gasteiger partial charge in [0.1, 0.15) is 24.0 Å². The maximum Gasteiger partial charge on any atom is 0.228 e. The molecule has 1 atom stereocenters. The normalized spacial score (nSPS) is 13.7. The lowest BCUT2D eigenvalue weighted by atomic mass is 10.1. The van der Waals surface area contributed by atoms with E-state index in [9.17, 15) is 4.79 Å². The van der Waals surface area contributed by atoms with Crippen LogP contribution < -0.4 is 15.4 Å². The number of nitrogens with one attached hydrogen (secondary N) is 2. The Morgan fingerprint density at radius 3 is 2.62 bits per heavy atom. The maximum atomic E-state index is 12.1. The molecule has 1 aliphatic carbocycles. The van der Waals surface area contributed by atoms with Crippen LogP contribution in [0.1, 0.15) is 30.9 Å². The van der Waals surface area contributed by atoms with Crippen LogP contribution in [0.2, 0.25) is 0 Å². The van der Waals surface area contributed by atoms with Crippen molar-refractivity contribution in [1.82, 2.24) is 9.97 Å². The number of amides is 1. The fourth-order valence-corrected chi connectivity index (χ4v) is 3.13. The van der Waals surface area contributed by atoms with Crippen LogP contribution in [-0.2, 0) is 9.53 Å². The Labute approximate surface area is 187 Å². The van der Waals surface area contributed by atoms with Crippen LogP contribution in [0.3, 0.4) is 0 Å². The van der Waals surface area contributed by atoms with Gasteiger partial charge < -0.3 is 20.1 Å². The number of methoxy groups -OCH3 is 1. The summed E-state index contributed by atoms with van der Waals surface area (Å²) in [6, 6.07) is 9.47. The van der Waals surface area contributed by atoms with E-state index in [4.69, 9.17) is 9.47 Å². The van der Waals surface area contributed by atoms with Crippen molar-refractivity contribution < 1.29 is 14.3 Å². The second-order valence-corrected chi connectivity index (χ2v) is 7.78. The zero-order chi connectivity index (χ0) is 22.5. The van der Waals surface area contributed by atoms with Crippen LogP contribution >= 0.6 is 0 Å². The van der Waals surface area contributed by atoms with Gasteiger partial charge in [0.15, 0.2) is 0 Å². The number of carbonyl (C=O) groups is 1. The molecule has 7 heteroatoms. The molecule has 2 heterocycles. The van der Waals surface area contributed by atoms with E-state index in [1.54, 1.807) is 19.5 Å². The van der Waals surface area contributed by atoms with Crippen LogP contribution in [0.15, 0.2) is 42.7 Å². The number of carbonyl (C=O) groups excluding carboxylic acids is 1. The highest BCUT2D eigenvalue weighted by molar-refractivity contribution is 5.99. The lowest BCUT2D eigenvalue weighted by Gasteiger charge is -2.11. The largest absolute Gasteiger partial charge is 0.491 e. The van der Waals surface area contributed by atoms with E-state index in [0.29, 0.717) is 18.2 Å². The summed E-state index contributed by atoms with van der Waals surface area (Å²) >= 11 is 0. The van der Waals surface area contributed by atoms with Crippen LogP contribution in [0.25, 0.3) is 10.8 Å². The molecule has 1 aliphatic rings. The molecule has 0 saturated heterocycles. The molecule has 1 unspecified atom stereocenters. The average molecular weight is 431 g/mol. The molecule has 2 N–H and O–H groups in total. The fraction of sp³-hybridized carbons (Fsp3) is 0.320. The summed E-state index contributed by atoms with van der Waals surface area (Å²) in [5.41, 5.74) is 1.62. The molecule has 4 rings (SSSR count). The van der Waals surface area contributed by atoms with Gasteiger partial charge in [-0.3, -0.25) is 4.79 Å². The number of benzene rings is 1. The summed E-state index contributed by atoms with van der Waals surface area (Å²) in [6.07, 6.45) is 5.37. The van der Waals surface area contributed by atoms with Gasteiger partial charge in [-0.2, -0.15) is 0 Å². The first-order chi connectivity index (χ1) is 15.6. The number of aromatic nitrogens is 2. The minimum absolute atomic E-state index is 0.0228. The number of anilines is 2. The highest BCUT2D eigenvalue weighted by atomic mass is 16.5. The Morgan fingerprint density at radius 2 is 1.94 bits per heavy atom. The lowest BCUT2D eigenvalue weighted by molar-refractivity contribution is -0.117. The molecule has 0 bridgehead atoms. The summed E-state index contributed by atoms with van der Waals surface area (Å²) < 4.78 is 10.9. The number of nitrogens with zero attached hydrogens (tertiary/aromatic N) is 2. The van der Waals surface area contributed by atoms with Gasteiger partial charge in [-0.15, -0.1) is 0 Å². The third kappa shape index (κ3) is 5.16. The number of hydrogen-bond acceptors (Lipinski definition) is 6. The lowest BCUT2D eigenvalue weighted by Crippen LogP contribution is -2.15. The van der Waals surface area contributed by atoms with E-state index < -0.39 is 0 Å². The Morgan fingerprint density at radius 1 is 1.16 bits per heavy atom. The van der Waals surface area contributed by atoms with Crippen LogP contribution in [0.5, 0.6) is 5.75 Å². The van der Waals surface area contributed by atoms with Gasteiger partial charge in [0, 0.05) is 48.8 Å². The van der Waals surface area contributed by atoms with Gasteiger partial charge in [0.2, 0.25) is 5.91 Å². The fourth-order valence-electron chi connectivity index (χ4n) is 3.13. The van der Waals surface area contributed by atoms with Crippen LogP contribution in [0.4, 0.5) is 11.6 Å². The zero-order valence-corrected chi connectivity index (χ0v) is 18.4. The van der Waals surface area contributed by atoms with Crippen molar-refractivity contribution >= 4 is 28.3 Å². The van der Waals surface area contributed by atoms with Crippen molar-refractivity contribution in [2.45, 2.75) is 25.9 Å². The molecule has 1 aromatic carbocycles. The topological polar surface area (TPSA) is 85.4 Å². The zero-order valence-electron chi connectivity index (χ0n) is 18.4. The molecule has 1 amide bonds. The molecule has 32 heavy (non-hydrogen) atoms. The minimum atomic E-state index is 0.0228. The number of hydrogen-bond donors (Lipinski definition) is 2. The van der Waals surface area contributed by atoms with Crippen molar-refractivity contribution in [2.75, 3.05) is 31.4 Å². The molecule has 0 aliphatic heterocycles. The van der Waals surface area contributed by atoms with Crippen molar-refractivity contribution in [3.63, 3.8) is 0 Å². The predicted molar refractivity (Wildman–Crippen MR) is 125 cm³/mol. The average Bonchev–Trinajstić information content (AvgIpc) is 3.67. The molecule has 0 radical (unpaired) electrons. The molecule has 2 aromatic heterocycles. The van der Waals surface area contributed by atoms with E-state index in [1.165, 1.54) is 0 Å². The van der Waals surface area contributed by atoms with E-state index in [2.05, 4.69) is 32.4 Å². The van der Waals surface area contributed by atoms with E-state index in [0.717, 1.165) is 40.5 Å². The summed E-state index contributed by atoms with van der Waals surface area (Å²) in [5.74, 6) is 8.54. The quantitative estimate of drug-likeness (QED) is 0.554. The van der Waals surface area contributed by atoms with Gasteiger partial charge in [-0.05, 0) is 50.1 Å². The third-order valence-electron chi connectivity index (χ3n) is 5.29. The first-order valence-electron chi connectivity index (χ1n) is 10.6. The predicted octanol–water partition coefficient (Wildman–Crippen LogP) is 3.83. The summed E-state index contributed by atoms with van der Waals surface area (Å²) in [5, 5.41) is 7.71.